The van der Waals surface area contributed by atoms with Crippen molar-refractivity contribution >= 4 is 38.1 Å². The van der Waals surface area contributed by atoms with Crippen LogP contribution in [0.5, 0.6) is 0 Å². The zero-order valence-corrected chi connectivity index (χ0v) is 20.4. The molecule has 7 nitrogen and oxygen atoms in total. The third-order valence-corrected chi connectivity index (χ3v) is 8.08. The standard InChI is InChI=1S/C25H20F5N5O2S/c26-17-14-21(27)24(32-15-17)34-9-11-35(12-10-34)38(36,37)19-4-2-18(3-5-19)33-22-7-8-31-23-13-16(25(28,29)30)1-6-20(22)23/h1-8,13-15H,9-12H2,(H,31,33). The highest BCUT2D eigenvalue weighted by molar-refractivity contribution is 7.89. The van der Waals surface area contributed by atoms with Crippen molar-refractivity contribution in [2.45, 2.75) is 11.1 Å². The highest BCUT2D eigenvalue weighted by Gasteiger charge is 2.31. The average Bonchev–Trinajstić information content (AvgIpc) is 2.88. The molecule has 1 fully saturated rings. The molecule has 1 aliphatic heterocycles. The zero-order chi connectivity index (χ0) is 27.1. The molecule has 5 rings (SSSR count). The molecule has 0 aliphatic carbocycles. The van der Waals surface area contributed by atoms with Gasteiger partial charge in [-0.15, -0.1) is 0 Å². The number of halogens is 5. The highest BCUT2D eigenvalue weighted by atomic mass is 32.2. The Bertz CT molecular complexity index is 1590. The summed E-state index contributed by atoms with van der Waals surface area (Å²) >= 11 is 0. The van der Waals surface area contributed by atoms with Crippen molar-refractivity contribution in [3.63, 3.8) is 0 Å². The van der Waals surface area contributed by atoms with E-state index in [0.717, 1.165) is 24.4 Å². The summed E-state index contributed by atoms with van der Waals surface area (Å²) in [5, 5.41) is 3.57. The second kappa shape index (κ2) is 9.80. The van der Waals surface area contributed by atoms with Gasteiger partial charge in [0.2, 0.25) is 10.0 Å². The molecule has 0 bridgehead atoms. The van der Waals surface area contributed by atoms with Gasteiger partial charge in [-0.2, -0.15) is 17.5 Å². The fraction of sp³-hybridized carbons (Fsp3) is 0.200. The minimum atomic E-state index is -4.48. The number of fused-ring (bicyclic) bond motifs is 1. The summed E-state index contributed by atoms with van der Waals surface area (Å²) in [6.07, 6.45) is -2.19. The molecule has 2 aromatic carbocycles. The van der Waals surface area contributed by atoms with E-state index in [2.05, 4.69) is 15.3 Å². The summed E-state index contributed by atoms with van der Waals surface area (Å²) in [6.45, 7) is 0.534. The maximum Gasteiger partial charge on any atom is 0.416 e. The van der Waals surface area contributed by atoms with Gasteiger partial charge < -0.3 is 10.2 Å². The first kappa shape index (κ1) is 25.8. The Morgan fingerprint density at radius 3 is 2.24 bits per heavy atom. The number of rotatable bonds is 5. The van der Waals surface area contributed by atoms with Crippen LogP contribution in [0.25, 0.3) is 10.9 Å². The van der Waals surface area contributed by atoms with Gasteiger partial charge in [-0.25, -0.2) is 22.2 Å². The van der Waals surface area contributed by atoms with Crippen LogP contribution in [-0.2, 0) is 16.2 Å². The number of anilines is 3. The van der Waals surface area contributed by atoms with E-state index in [0.29, 0.717) is 16.8 Å². The molecule has 1 aliphatic rings. The molecule has 1 saturated heterocycles. The predicted octanol–water partition coefficient (Wildman–Crippen LogP) is 5.18. The summed E-state index contributed by atoms with van der Waals surface area (Å²) in [4.78, 5) is 9.40. The number of benzene rings is 2. The normalized spacial score (nSPS) is 15.1. The molecule has 4 aromatic rings. The molecule has 0 spiro atoms. The lowest BCUT2D eigenvalue weighted by atomic mass is 10.1. The number of alkyl halides is 3. The highest BCUT2D eigenvalue weighted by Crippen LogP contribution is 2.33. The van der Waals surface area contributed by atoms with Crippen LogP contribution in [0.2, 0.25) is 0 Å². The lowest BCUT2D eigenvalue weighted by Gasteiger charge is -2.34. The quantitative estimate of drug-likeness (QED) is 0.346. The third kappa shape index (κ3) is 5.11. The largest absolute Gasteiger partial charge is 0.416 e. The second-order valence-corrected chi connectivity index (χ2v) is 10.5. The molecule has 38 heavy (non-hydrogen) atoms. The monoisotopic (exact) mass is 549 g/mol. The minimum Gasteiger partial charge on any atom is -0.355 e. The Balaban J connectivity index is 1.29. The maximum absolute atomic E-state index is 14.0. The molecule has 0 saturated carbocycles. The number of nitrogens with zero attached hydrogens (tertiary/aromatic N) is 4. The molecular formula is C25H20F5N5O2S. The fourth-order valence-electron chi connectivity index (χ4n) is 4.23. The van der Waals surface area contributed by atoms with Gasteiger partial charge in [0.15, 0.2) is 11.6 Å². The van der Waals surface area contributed by atoms with Crippen LogP contribution in [0.4, 0.5) is 39.1 Å². The van der Waals surface area contributed by atoms with Crippen LogP contribution < -0.4 is 10.2 Å². The number of hydrogen-bond acceptors (Lipinski definition) is 6. The van der Waals surface area contributed by atoms with Crippen LogP contribution in [-0.4, -0.2) is 48.9 Å². The zero-order valence-electron chi connectivity index (χ0n) is 19.6. The molecular weight excluding hydrogens is 529 g/mol. The van der Waals surface area contributed by atoms with Crippen molar-refractivity contribution in [2.24, 2.45) is 0 Å². The van der Waals surface area contributed by atoms with Gasteiger partial charge in [-0.3, -0.25) is 4.98 Å². The molecule has 0 unspecified atom stereocenters. The molecule has 198 valence electrons. The first-order valence-corrected chi connectivity index (χ1v) is 12.9. The molecule has 1 N–H and O–H groups in total. The number of sulfonamides is 1. The second-order valence-electron chi connectivity index (χ2n) is 8.59. The van der Waals surface area contributed by atoms with E-state index in [9.17, 15) is 30.4 Å². The maximum atomic E-state index is 14.0. The smallest absolute Gasteiger partial charge is 0.355 e. The van der Waals surface area contributed by atoms with E-state index in [4.69, 9.17) is 0 Å². The number of nitrogens with one attached hydrogen (secondary N) is 1. The summed E-state index contributed by atoms with van der Waals surface area (Å²) in [5.74, 6) is -1.64. The Morgan fingerprint density at radius 2 is 1.58 bits per heavy atom. The van der Waals surface area contributed by atoms with E-state index in [1.165, 1.54) is 28.7 Å². The van der Waals surface area contributed by atoms with Gasteiger partial charge in [-0.1, -0.05) is 6.07 Å². The van der Waals surface area contributed by atoms with Crippen molar-refractivity contribution in [1.29, 1.82) is 0 Å². The Hall–Kier alpha value is -3.84. The van der Waals surface area contributed by atoms with Crippen molar-refractivity contribution in [3.05, 3.63) is 84.2 Å². The van der Waals surface area contributed by atoms with E-state index < -0.39 is 33.4 Å². The van der Waals surface area contributed by atoms with E-state index in [1.54, 1.807) is 23.1 Å². The van der Waals surface area contributed by atoms with E-state index in [-0.39, 0.29) is 42.4 Å². The molecule has 13 heteroatoms. The van der Waals surface area contributed by atoms with Gasteiger partial charge >= 0.3 is 6.18 Å². The summed E-state index contributed by atoms with van der Waals surface area (Å²) in [7, 11) is -3.84. The summed E-state index contributed by atoms with van der Waals surface area (Å²) in [5.41, 5.74) is 0.402. The fourth-order valence-corrected chi connectivity index (χ4v) is 5.65. The molecule has 3 heterocycles. The predicted molar refractivity (Wildman–Crippen MR) is 132 cm³/mol. The van der Waals surface area contributed by atoms with Crippen molar-refractivity contribution in [3.8, 4) is 0 Å². The topological polar surface area (TPSA) is 78.4 Å². The van der Waals surface area contributed by atoms with Crippen LogP contribution >= 0.6 is 0 Å². The lowest BCUT2D eigenvalue weighted by Crippen LogP contribution is -2.49. The van der Waals surface area contributed by atoms with E-state index in [1.807, 2.05) is 0 Å². The average molecular weight is 550 g/mol. The van der Waals surface area contributed by atoms with Crippen LogP contribution in [0.1, 0.15) is 5.56 Å². The van der Waals surface area contributed by atoms with Crippen LogP contribution in [0.3, 0.4) is 0 Å². The van der Waals surface area contributed by atoms with Crippen molar-refractivity contribution in [2.75, 3.05) is 36.4 Å². The lowest BCUT2D eigenvalue weighted by molar-refractivity contribution is -0.137. The summed E-state index contributed by atoms with van der Waals surface area (Å²) in [6, 6.07) is 11.6. The number of pyridine rings is 2. The van der Waals surface area contributed by atoms with Crippen LogP contribution in [0, 0.1) is 11.6 Å². The molecule has 0 atom stereocenters. The van der Waals surface area contributed by atoms with Gasteiger partial charge in [0.25, 0.3) is 0 Å². The Labute approximate surface area is 214 Å². The van der Waals surface area contributed by atoms with Crippen molar-refractivity contribution < 1.29 is 30.4 Å². The summed E-state index contributed by atoms with van der Waals surface area (Å²) < 4.78 is 93.8. The number of aromatic nitrogens is 2. The third-order valence-electron chi connectivity index (χ3n) is 6.17. The molecule has 0 amide bonds. The molecule has 2 aromatic heterocycles. The first-order chi connectivity index (χ1) is 18.0. The van der Waals surface area contributed by atoms with Gasteiger partial charge in [0.1, 0.15) is 5.82 Å². The van der Waals surface area contributed by atoms with Crippen LogP contribution in [0.15, 0.2) is 71.9 Å². The Kier molecular flexibility index (Phi) is 6.65. The van der Waals surface area contributed by atoms with E-state index >= 15 is 0 Å². The van der Waals surface area contributed by atoms with Gasteiger partial charge in [0, 0.05) is 55.2 Å². The SMILES string of the molecule is O=S(=O)(c1ccc(Nc2ccnc3cc(C(F)(F)F)ccc23)cc1)N1CCN(c2ncc(F)cc2F)CC1. The minimum absolute atomic E-state index is 0.0304. The Morgan fingerprint density at radius 1 is 0.868 bits per heavy atom. The van der Waals surface area contributed by atoms with Gasteiger partial charge in [-0.05, 0) is 42.5 Å². The number of piperazine rings is 1. The molecule has 0 radical (unpaired) electrons. The first-order valence-electron chi connectivity index (χ1n) is 11.4. The number of hydrogen-bond donors (Lipinski definition) is 1. The van der Waals surface area contributed by atoms with Crippen molar-refractivity contribution in [1.82, 2.24) is 14.3 Å². The van der Waals surface area contributed by atoms with Gasteiger partial charge in [0.05, 0.1) is 22.2 Å².